The zero-order valence-corrected chi connectivity index (χ0v) is 17.3. The Labute approximate surface area is 173 Å². The molecule has 0 bridgehead atoms. The van der Waals surface area contributed by atoms with Crippen molar-refractivity contribution in [3.63, 3.8) is 0 Å². The van der Waals surface area contributed by atoms with E-state index in [-0.39, 0.29) is 5.56 Å². The highest BCUT2D eigenvalue weighted by Crippen LogP contribution is 2.38. The maximum absolute atomic E-state index is 12.3. The second-order valence-electron chi connectivity index (χ2n) is 6.11. The monoisotopic (exact) mass is 429 g/mol. The Hall–Kier alpha value is -3.66. The lowest BCUT2D eigenvalue weighted by molar-refractivity contribution is 0.0981. The van der Waals surface area contributed by atoms with Crippen LogP contribution < -0.4 is 18.9 Å². The van der Waals surface area contributed by atoms with Gasteiger partial charge < -0.3 is 14.2 Å². The summed E-state index contributed by atoms with van der Waals surface area (Å²) in [5.74, 6) is 0.817. The van der Waals surface area contributed by atoms with Crippen LogP contribution in [0.25, 0.3) is 11.1 Å². The minimum absolute atomic E-state index is 0.126. The lowest BCUT2D eigenvalue weighted by atomic mass is 10.0. The normalized spacial score (nSPS) is 10.9. The van der Waals surface area contributed by atoms with Gasteiger partial charge >= 0.3 is 0 Å². The molecule has 0 saturated carbocycles. The second-order valence-corrected chi connectivity index (χ2v) is 7.86. The van der Waals surface area contributed by atoms with Crippen LogP contribution in [-0.4, -0.2) is 44.8 Å². The summed E-state index contributed by atoms with van der Waals surface area (Å²) in [6.45, 7) is 0. The van der Waals surface area contributed by atoms with Crippen molar-refractivity contribution in [2.45, 2.75) is 0 Å². The molecule has 0 aliphatic heterocycles. The van der Waals surface area contributed by atoms with E-state index >= 15 is 0 Å². The number of hydrogen-bond acceptors (Lipinski definition) is 8. The van der Waals surface area contributed by atoms with Crippen molar-refractivity contribution in [3.8, 4) is 34.4 Å². The Bertz CT molecular complexity index is 1160. The first-order chi connectivity index (χ1) is 14.3. The number of nitrogens with one attached hydrogen (secondary N) is 1. The molecule has 0 unspecified atom stereocenters. The molecule has 0 aliphatic rings. The van der Waals surface area contributed by atoms with Crippen LogP contribution in [-0.2, 0) is 10.0 Å². The van der Waals surface area contributed by atoms with Gasteiger partial charge in [0, 0.05) is 29.0 Å². The summed E-state index contributed by atoms with van der Waals surface area (Å²) in [5, 5.41) is 0. The molecule has 156 valence electrons. The van der Waals surface area contributed by atoms with Gasteiger partial charge in [-0.2, -0.15) is 0 Å². The van der Waals surface area contributed by atoms with Gasteiger partial charge in [0.2, 0.25) is 21.8 Å². The number of methoxy groups -OCH3 is 2. The highest BCUT2D eigenvalue weighted by molar-refractivity contribution is 7.89. The predicted octanol–water partition coefficient (Wildman–Crippen LogP) is 2.64. The largest absolute Gasteiger partial charge is 0.481 e. The van der Waals surface area contributed by atoms with E-state index in [4.69, 9.17) is 14.2 Å². The Balaban J connectivity index is 2.07. The molecule has 0 radical (unpaired) electrons. The van der Waals surface area contributed by atoms with E-state index in [0.717, 1.165) is 6.26 Å². The molecule has 0 aliphatic carbocycles. The number of carbonyl (C=O) groups is 1. The quantitative estimate of drug-likeness (QED) is 0.609. The van der Waals surface area contributed by atoms with Crippen LogP contribution in [0.4, 0.5) is 0 Å². The molecule has 0 spiro atoms. The Morgan fingerprint density at radius 1 is 1.00 bits per heavy atom. The lowest BCUT2D eigenvalue weighted by Crippen LogP contribution is -2.29. The van der Waals surface area contributed by atoms with Crippen LogP contribution in [0.2, 0.25) is 0 Å². The molecule has 1 aromatic carbocycles. The zero-order valence-electron chi connectivity index (χ0n) is 16.4. The van der Waals surface area contributed by atoms with Gasteiger partial charge in [0.25, 0.3) is 5.91 Å². The van der Waals surface area contributed by atoms with E-state index < -0.39 is 15.9 Å². The fraction of sp³-hybridized carbons (Fsp3) is 0.150. The average molecular weight is 429 g/mol. The minimum atomic E-state index is -3.72. The van der Waals surface area contributed by atoms with E-state index in [1.165, 1.54) is 32.5 Å². The molecule has 1 amide bonds. The number of hydrogen-bond donors (Lipinski definition) is 1. The fourth-order valence-corrected chi connectivity index (χ4v) is 3.09. The smallest absolute Gasteiger partial charge is 0.264 e. The fourth-order valence-electron chi connectivity index (χ4n) is 2.63. The van der Waals surface area contributed by atoms with Crippen LogP contribution in [0, 0.1) is 0 Å². The number of sulfonamides is 1. The van der Waals surface area contributed by atoms with E-state index in [2.05, 4.69) is 9.97 Å². The van der Waals surface area contributed by atoms with E-state index in [9.17, 15) is 13.2 Å². The van der Waals surface area contributed by atoms with Crippen LogP contribution in [0.3, 0.4) is 0 Å². The predicted molar refractivity (Wildman–Crippen MR) is 109 cm³/mol. The molecular formula is C20H19N3O6S. The maximum Gasteiger partial charge on any atom is 0.264 e. The summed E-state index contributed by atoms with van der Waals surface area (Å²) in [6, 6.07) is 11.3. The van der Waals surface area contributed by atoms with Gasteiger partial charge in [-0.05, 0) is 36.4 Å². The molecule has 0 atom stereocenters. The number of benzene rings is 1. The highest BCUT2D eigenvalue weighted by atomic mass is 32.2. The third kappa shape index (κ3) is 5.03. The minimum Gasteiger partial charge on any atom is -0.481 e. The average Bonchev–Trinajstić information content (AvgIpc) is 2.73. The van der Waals surface area contributed by atoms with Crippen molar-refractivity contribution in [2.75, 3.05) is 20.5 Å². The van der Waals surface area contributed by atoms with Crippen LogP contribution in [0.1, 0.15) is 10.4 Å². The van der Waals surface area contributed by atoms with Gasteiger partial charge in [0.15, 0.2) is 0 Å². The molecule has 1 N–H and O–H groups in total. The topological polar surface area (TPSA) is 117 Å². The Kier molecular flexibility index (Phi) is 6.17. The number of rotatable bonds is 7. The molecule has 3 rings (SSSR count). The Morgan fingerprint density at radius 2 is 1.80 bits per heavy atom. The molecule has 30 heavy (non-hydrogen) atoms. The molecule has 0 saturated heterocycles. The number of nitrogens with zero attached hydrogens (tertiary/aromatic N) is 2. The van der Waals surface area contributed by atoms with Gasteiger partial charge in [0.1, 0.15) is 11.5 Å². The SMILES string of the molecule is COc1ccc(Oc2ccc(C(=O)NS(C)(=O)=O)cc2-c2cccnc2OC)cn1. The van der Waals surface area contributed by atoms with E-state index in [1.54, 1.807) is 36.5 Å². The van der Waals surface area contributed by atoms with Crippen LogP contribution in [0.5, 0.6) is 23.3 Å². The third-order valence-corrected chi connectivity index (χ3v) is 4.48. The number of carbonyl (C=O) groups excluding carboxylic acids is 1. The summed E-state index contributed by atoms with van der Waals surface area (Å²) in [5.41, 5.74) is 1.17. The first-order valence-corrected chi connectivity index (χ1v) is 10.5. The van der Waals surface area contributed by atoms with Crippen LogP contribution in [0.15, 0.2) is 54.9 Å². The van der Waals surface area contributed by atoms with Gasteiger partial charge in [-0.15, -0.1) is 0 Å². The number of ether oxygens (including phenoxy) is 3. The van der Waals surface area contributed by atoms with E-state index in [0.29, 0.717) is 34.4 Å². The van der Waals surface area contributed by atoms with Crippen molar-refractivity contribution in [1.82, 2.24) is 14.7 Å². The zero-order chi connectivity index (χ0) is 21.7. The number of pyridine rings is 2. The molecular weight excluding hydrogens is 410 g/mol. The highest BCUT2D eigenvalue weighted by Gasteiger charge is 2.18. The molecule has 10 heteroatoms. The summed E-state index contributed by atoms with van der Waals surface area (Å²) in [6.07, 6.45) is 3.97. The van der Waals surface area contributed by atoms with Gasteiger partial charge in [0.05, 0.1) is 26.7 Å². The molecule has 3 aromatic rings. The molecule has 2 heterocycles. The van der Waals surface area contributed by atoms with Crippen molar-refractivity contribution in [1.29, 1.82) is 0 Å². The lowest BCUT2D eigenvalue weighted by Gasteiger charge is -2.15. The summed E-state index contributed by atoms with van der Waals surface area (Å²) < 4.78 is 41.1. The summed E-state index contributed by atoms with van der Waals surface area (Å²) >= 11 is 0. The van der Waals surface area contributed by atoms with Crippen molar-refractivity contribution in [3.05, 3.63) is 60.4 Å². The Morgan fingerprint density at radius 3 is 2.43 bits per heavy atom. The third-order valence-electron chi connectivity index (χ3n) is 3.92. The van der Waals surface area contributed by atoms with Gasteiger partial charge in [-0.25, -0.2) is 23.1 Å². The number of aromatic nitrogens is 2. The maximum atomic E-state index is 12.3. The van der Waals surface area contributed by atoms with Gasteiger partial charge in [-0.3, -0.25) is 4.79 Å². The van der Waals surface area contributed by atoms with E-state index in [1.807, 2.05) is 4.72 Å². The number of amides is 1. The van der Waals surface area contributed by atoms with Gasteiger partial charge in [-0.1, -0.05) is 0 Å². The second kappa shape index (κ2) is 8.78. The van der Waals surface area contributed by atoms with Crippen molar-refractivity contribution < 1.29 is 27.4 Å². The first kappa shape index (κ1) is 21.1. The first-order valence-electron chi connectivity index (χ1n) is 8.64. The molecule has 9 nitrogen and oxygen atoms in total. The van der Waals surface area contributed by atoms with Crippen molar-refractivity contribution >= 4 is 15.9 Å². The summed E-state index contributed by atoms with van der Waals surface area (Å²) in [4.78, 5) is 20.6. The van der Waals surface area contributed by atoms with Crippen LogP contribution >= 0.6 is 0 Å². The van der Waals surface area contributed by atoms with Crippen molar-refractivity contribution in [2.24, 2.45) is 0 Å². The standard InChI is InChI=1S/C20H19N3O6S/c1-27-18-9-7-14(12-22-18)29-17-8-6-13(19(24)23-30(3,25)26)11-16(17)15-5-4-10-21-20(15)28-2/h4-12H,1-3H3,(H,23,24). The molecule has 2 aromatic heterocycles. The molecule has 0 fully saturated rings. The summed E-state index contributed by atoms with van der Waals surface area (Å²) in [7, 11) is -0.733.